The molecule has 0 aliphatic heterocycles. The van der Waals surface area contributed by atoms with Crippen LogP contribution >= 0.6 is 11.6 Å². The second-order valence-corrected chi connectivity index (χ2v) is 5.48. The lowest BCUT2D eigenvalue weighted by atomic mass is 9.95. The molecule has 0 heterocycles. The van der Waals surface area contributed by atoms with Crippen molar-refractivity contribution in [2.24, 2.45) is 0 Å². The van der Waals surface area contributed by atoms with Crippen LogP contribution in [0.4, 0.5) is 0 Å². The average Bonchev–Trinajstić information content (AvgIpc) is 2.54. The Bertz CT molecular complexity index is 991. The van der Waals surface area contributed by atoms with Crippen molar-refractivity contribution in [3.05, 3.63) is 77.8 Å². The number of halogens is 1. The van der Waals surface area contributed by atoms with Crippen molar-refractivity contribution >= 4 is 50.0 Å². The first-order valence-corrected chi connectivity index (χ1v) is 7.41. The number of hydrogen-bond donors (Lipinski definition) is 0. The van der Waals surface area contributed by atoms with Gasteiger partial charge in [-0.05, 0) is 50.0 Å². The molecule has 4 rings (SSSR count). The molecule has 21 heavy (non-hydrogen) atoms. The summed E-state index contributed by atoms with van der Waals surface area (Å²) in [5.74, 6) is 0. The Balaban J connectivity index is 2.24. The summed E-state index contributed by atoms with van der Waals surface area (Å²) in [6.45, 7) is 0. The highest BCUT2D eigenvalue weighted by Gasteiger charge is 2.05. The summed E-state index contributed by atoms with van der Waals surface area (Å²) in [5, 5.41) is 7.69. The van der Waals surface area contributed by atoms with Crippen molar-refractivity contribution in [3.63, 3.8) is 0 Å². The maximum Gasteiger partial charge on any atom is 0.00484 e. The molecular weight excluding hydrogens is 276 g/mol. The molecule has 0 aliphatic carbocycles. The first-order valence-electron chi connectivity index (χ1n) is 6.98. The van der Waals surface area contributed by atoms with Crippen LogP contribution in [0.25, 0.3) is 38.4 Å². The Kier molecular flexibility index (Phi) is 2.90. The van der Waals surface area contributed by atoms with E-state index in [0.717, 1.165) is 5.56 Å². The first kappa shape index (κ1) is 12.4. The maximum absolute atomic E-state index is 5.72. The molecule has 0 fully saturated rings. The van der Waals surface area contributed by atoms with Crippen LogP contribution in [0.5, 0.6) is 0 Å². The van der Waals surface area contributed by atoms with Gasteiger partial charge in [-0.3, -0.25) is 0 Å². The summed E-state index contributed by atoms with van der Waals surface area (Å²) < 4.78 is 0. The first-order chi connectivity index (χ1) is 10.4. The van der Waals surface area contributed by atoms with E-state index in [9.17, 15) is 0 Å². The minimum Gasteiger partial charge on any atom is -0.0929 e. The molecule has 0 aromatic heterocycles. The summed E-state index contributed by atoms with van der Waals surface area (Å²) >= 11 is 5.72. The fourth-order valence-corrected chi connectivity index (χ4v) is 3.17. The lowest BCUT2D eigenvalue weighted by Gasteiger charge is -2.08. The topological polar surface area (TPSA) is 0 Å². The summed E-state index contributed by atoms with van der Waals surface area (Å²) in [7, 11) is 0. The summed E-state index contributed by atoms with van der Waals surface area (Å²) in [6.07, 6.45) is 1.92. The molecule has 100 valence electrons. The van der Waals surface area contributed by atoms with Gasteiger partial charge in [-0.1, -0.05) is 72.3 Å². The monoisotopic (exact) mass is 288 g/mol. The highest BCUT2D eigenvalue weighted by atomic mass is 35.5. The van der Waals surface area contributed by atoms with Gasteiger partial charge >= 0.3 is 0 Å². The van der Waals surface area contributed by atoms with E-state index < -0.39 is 0 Å². The second-order valence-electron chi connectivity index (χ2n) is 5.22. The molecule has 0 saturated heterocycles. The van der Waals surface area contributed by atoms with Crippen LogP contribution in [0.2, 0.25) is 0 Å². The summed E-state index contributed by atoms with van der Waals surface area (Å²) in [6, 6.07) is 23.8. The van der Waals surface area contributed by atoms with Crippen LogP contribution < -0.4 is 0 Å². The third-order valence-electron chi connectivity index (χ3n) is 4.01. The highest BCUT2D eigenvalue weighted by Crippen LogP contribution is 2.32. The Hall–Kier alpha value is -2.31. The quantitative estimate of drug-likeness (QED) is 0.358. The molecule has 1 heteroatoms. The van der Waals surface area contributed by atoms with Gasteiger partial charge in [0, 0.05) is 5.54 Å². The summed E-state index contributed by atoms with van der Waals surface area (Å²) in [5.41, 5.74) is 2.68. The van der Waals surface area contributed by atoms with E-state index in [-0.39, 0.29) is 0 Å². The van der Waals surface area contributed by atoms with Gasteiger partial charge in [0.05, 0.1) is 0 Å². The Labute approximate surface area is 128 Å². The molecule has 0 N–H and O–H groups in total. The molecule has 4 aromatic carbocycles. The van der Waals surface area contributed by atoms with Gasteiger partial charge in [0.2, 0.25) is 0 Å². The maximum atomic E-state index is 5.72. The van der Waals surface area contributed by atoms with E-state index in [0.29, 0.717) is 0 Å². The van der Waals surface area contributed by atoms with E-state index in [1.807, 2.05) is 6.08 Å². The van der Waals surface area contributed by atoms with Crippen molar-refractivity contribution in [2.75, 3.05) is 0 Å². The zero-order chi connectivity index (χ0) is 14.2. The van der Waals surface area contributed by atoms with Gasteiger partial charge < -0.3 is 0 Å². The van der Waals surface area contributed by atoms with Gasteiger partial charge in [0.1, 0.15) is 0 Å². The molecule has 0 bridgehead atoms. The van der Waals surface area contributed by atoms with Crippen LogP contribution in [-0.4, -0.2) is 0 Å². The lowest BCUT2D eigenvalue weighted by Crippen LogP contribution is -1.82. The molecule has 0 aliphatic rings. The van der Waals surface area contributed by atoms with Crippen LogP contribution in [0.15, 0.2) is 72.3 Å². The Morgan fingerprint density at radius 2 is 1.33 bits per heavy atom. The third-order valence-corrected chi connectivity index (χ3v) is 4.13. The van der Waals surface area contributed by atoms with Crippen LogP contribution in [0, 0.1) is 0 Å². The van der Waals surface area contributed by atoms with Crippen LogP contribution in [0.3, 0.4) is 0 Å². The fraction of sp³-hybridized carbons (Fsp3) is 0. The normalized spacial score (nSPS) is 11.9. The highest BCUT2D eigenvalue weighted by molar-refractivity contribution is 6.27. The van der Waals surface area contributed by atoms with E-state index in [1.54, 1.807) is 5.54 Å². The Morgan fingerprint density at radius 3 is 2.14 bits per heavy atom. The van der Waals surface area contributed by atoms with Crippen molar-refractivity contribution in [3.8, 4) is 0 Å². The molecular formula is C20H13Cl. The smallest absolute Gasteiger partial charge is 0.00484 e. The fourth-order valence-electron chi connectivity index (χ4n) is 3.02. The van der Waals surface area contributed by atoms with E-state index >= 15 is 0 Å². The molecule has 0 radical (unpaired) electrons. The third kappa shape index (κ3) is 2.00. The van der Waals surface area contributed by atoms with E-state index in [4.69, 9.17) is 11.6 Å². The molecule has 0 amide bonds. The number of rotatable bonds is 1. The molecule has 4 aromatic rings. The molecule has 0 nitrogen and oxygen atoms in total. The Morgan fingerprint density at radius 1 is 0.667 bits per heavy atom. The summed E-state index contributed by atoms with van der Waals surface area (Å²) in [4.78, 5) is 0. The minimum atomic E-state index is 1.12. The number of hydrogen-bond acceptors (Lipinski definition) is 0. The lowest BCUT2D eigenvalue weighted by molar-refractivity contribution is 1.73. The molecule has 0 spiro atoms. The molecule has 0 saturated carbocycles. The van der Waals surface area contributed by atoms with E-state index in [1.165, 1.54) is 32.3 Å². The molecule has 0 atom stereocenters. The minimum absolute atomic E-state index is 1.12. The van der Waals surface area contributed by atoms with Gasteiger partial charge in [-0.25, -0.2) is 0 Å². The number of benzene rings is 4. The van der Waals surface area contributed by atoms with Gasteiger partial charge in [-0.2, -0.15) is 0 Å². The van der Waals surface area contributed by atoms with Crippen molar-refractivity contribution < 1.29 is 0 Å². The van der Waals surface area contributed by atoms with Crippen molar-refractivity contribution in [2.45, 2.75) is 0 Å². The van der Waals surface area contributed by atoms with Gasteiger partial charge in [0.25, 0.3) is 0 Å². The standard InChI is InChI=1S/C20H13Cl/c21-12-11-14-5-6-16-8-10-17-9-7-15-3-1-2-4-18(15)20(17)19(16)13-14/h1-13H/b12-11+. The predicted octanol–water partition coefficient (Wildman–Crippen LogP) is 6.36. The average molecular weight is 289 g/mol. The largest absolute Gasteiger partial charge is 0.0929 e. The zero-order valence-electron chi connectivity index (χ0n) is 11.4. The van der Waals surface area contributed by atoms with Crippen LogP contribution in [-0.2, 0) is 0 Å². The van der Waals surface area contributed by atoms with Crippen molar-refractivity contribution in [1.82, 2.24) is 0 Å². The second kappa shape index (κ2) is 4.91. The predicted molar refractivity (Wildman–Crippen MR) is 93.8 cm³/mol. The van der Waals surface area contributed by atoms with Gasteiger partial charge in [0.15, 0.2) is 0 Å². The van der Waals surface area contributed by atoms with Crippen LogP contribution in [0.1, 0.15) is 5.56 Å². The molecule has 0 unspecified atom stereocenters. The van der Waals surface area contributed by atoms with Crippen molar-refractivity contribution in [1.29, 1.82) is 0 Å². The van der Waals surface area contributed by atoms with Gasteiger partial charge in [-0.15, -0.1) is 0 Å². The SMILES string of the molecule is Cl/C=C/c1ccc2ccc3ccc4ccccc4c3c2c1. The number of fused-ring (bicyclic) bond motifs is 5. The zero-order valence-corrected chi connectivity index (χ0v) is 12.1. The van der Waals surface area contributed by atoms with E-state index in [2.05, 4.69) is 66.7 Å².